The number of hydrogen-bond donors (Lipinski definition) is 2. The van der Waals surface area contributed by atoms with Crippen LogP contribution in [-0.4, -0.2) is 25.1 Å². The van der Waals surface area contributed by atoms with Crippen molar-refractivity contribution in [3.63, 3.8) is 0 Å². The molecule has 1 aromatic rings. The smallest absolute Gasteiger partial charge is 0.257 e. The summed E-state index contributed by atoms with van der Waals surface area (Å²) in [5.41, 5.74) is 5.85. The van der Waals surface area contributed by atoms with Gasteiger partial charge in [-0.1, -0.05) is 0 Å². The van der Waals surface area contributed by atoms with Crippen LogP contribution in [0.5, 0.6) is 5.75 Å². The van der Waals surface area contributed by atoms with Gasteiger partial charge in [0.25, 0.3) is 5.91 Å². The molecule has 0 radical (unpaired) electrons. The van der Waals surface area contributed by atoms with Gasteiger partial charge in [-0.2, -0.15) is 0 Å². The first-order valence-electron chi connectivity index (χ1n) is 6.06. The molecule has 0 aliphatic heterocycles. The molecule has 1 unspecified atom stereocenters. The van der Waals surface area contributed by atoms with Crippen molar-refractivity contribution in [1.29, 1.82) is 0 Å². The molecule has 106 valence electrons. The van der Waals surface area contributed by atoms with Crippen LogP contribution in [0.2, 0.25) is 0 Å². The number of benzene rings is 1. The van der Waals surface area contributed by atoms with Crippen molar-refractivity contribution in [3.8, 4) is 5.75 Å². The predicted molar refractivity (Wildman–Crippen MR) is 72.9 cm³/mol. The van der Waals surface area contributed by atoms with Crippen LogP contribution >= 0.6 is 12.4 Å². The fourth-order valence-corrected chi connectivity index (χ4v) is 1.65. The zero-order chi connectivity index (χ0) is 13.0. The summed E-state index contributed by atoms with van der Waals surface area (Å²) in [5, 5.41) is 2.72. The Morgan fingerprint density at radius 2 is 2.05 bits per heavy atom. The van der Waals surface area contributed by atoms with Gasteiger partial charge in [0.15, 0.2) is 6.61 Å². The average molecular weight is 289 g/mol. The van der Waals surface area contributed by atoms with Gasteiger partial charge < -0.3 is 15.8 Å². The highest BCUT2D eigenvalue weighted by atomic mass is 35.5. The van der Waals surface area contributed by atoms with Crippen LogP contribution in [0.25, 0.3) is 0 Å². The Kier molecular flexibility index (Phi) is 6.05. The fourth-order valence-electron chi connectivity index (χ4n) is 1.65. The molecular weight excluding hydrogens is 271 g/mol. The third-order valence-electron chi connectivity index (χ3n) is 2.95. The molecule has 1 aromatic carbocycles. The number of nitrogens with one attached hydrogen (secondary N) is 1. The molecule has 1 amide bonds. The molecule has 0 bridgehead atoms. The standard InChI is InChI=1S/C13H17FN2O2.ClH/c14-10-3-5-11(6-4-10)18-8-13(17)16-7-12(15)9-1-2-9;/h3-6,9,12H,1-2,7-8,15H2,(H,16,17);1H. The quantitative estimate of drug-likeness (QED) is 0.833. The summed E-state index contributed by atoms with van der Waals surface area (Å²) in [4.78, 5) is 11.5. The Balaban J connectivity index is 0.00000180. The summed E-state index contributed by atoms with van der Waals surface area (Å²) in [7, 11) is 0. The maximum absolute atomic E-state index is 12.6. The number of ether oxygens (including phenoxy) is 1. The highest BCUT2D eigenvalue weighted by molar-refractivity contribution is 5.85. The van der Waals surface area contributed by atoms with E-state index in [2.05, 4.69) is 5.32 Å². The molecule has 1 aliphatic carbocycles. The van der Waals surface area contributed by atoms with Crippen LogP contribution in [-0.2, 0) is 4.79 Å². The zero-order valence-electron chi connectivity index (χ0n) is 10.5. The third kappa shape index (κ3) is 5.44. The van der Waals surface area contributed by atoms with Gasteiger partial charge in [0, 0.05) is 12.6 Å². The lowest BCUT2D eigenvalue weighted by Gasteiger charge is -2.12. The van der Waals surface area contributed by atoms with Gasteiger partial charge in [-0.25, -0.2) is 4.39 Å². The monoisotopic (exact) mass is 288 g/mol. The van der Waals surface area contributed by atoms with Crippen molar-refractivity contribution in [2.45, 2.75) is 18.9 Å². The van der Waals surface area contributed by atoms with Crippen LogP contribution in [0.3, 0.4) is 0 Å². The van der Waals surface area contributed by atoms with Gasteiger partial charge >= 0.3 is 0 Å². The second-order valence-corrected chi connectivity index (χ2v) is 4.55. The van der Waals surface area contributed by atoms with E-state index in [0.29, 0.717) is 18.2 Å². The highest BCUT2D eigenvalue weighted by Crippen LogP contribution is 2.31. The second-order valence-electron chi connectivity index (χ2n) is 4.55. The van der Waals surface area contributed by atoms with Gasteiger partial charge in [-0.05, 0) is 43.0 Å². The first kappa shape index (κ1) is 15.7. The topological polar surface area (TPSA) is 64.3 Å². The van der Waals surface area contributed by atoms with Crippen LogP contribution in [0, 0.1) is 11.7 Å². The summed E-state index contributed by atoms with van der Waals surface area (Å²) >= 11 is 0. The van der Waals surface area contributed by atoms with Crippen LogP contribution in [0.1, 0.15) is 12.8 Å². The molecule has 0 saturated heterocycles. The minimum atomic E-state index is -0.331. The second kappa shape index (κ2) is 7.31. The van der Waals surface area contributed by atoms with E-state index in [4.69, 9.17) is 10.5 Å². The van der Waals surface area contributed by atoms with E-state index in [9.17, 15) is 9.18 Å². The van der Waals surface area contributed by atoms with Gasteiger partial charge in [0.2, 0.25) is 0 Å². The van der Waals surface area contributed by atoms with Crippen molar-refractivity contribution >= 4 is 18.3 Å². The summed E-state index contributed by atoms with van der Waals surface area (Å²) < 4.78 is 17.8. The maximum atomic E-state index is 12.6. The minimum Gasteiger partial charge on any atom is -0.484 e. The molecule has 0 aromatic heterocycles. The summed E-state index contributed by atoms with van der Waals surface area (Å²) in [5.74, 6) is 0.485. The molecule has 2 rings (SSSR count). The van der Waals surface area contributed by atoms with E-state index in [0.717, 1.165) is 12.8 Å². The lowest BCUT2D eigenvalue weighted by Crippen LogP contribution is -2.40. The van der Waals surface area contributed by atoms with E-state index < -0.39 is 0 Å². The molecule has 1 atom stereocenters. The average Bonchev–Trinajstić information content (AvgIpc) is 3.19. The lowest BCUT2D eigenvalue weighted by atomic mass is 10.2. The Hall–Kier alpha value is -1.33. The normalized spacial score (nSPS) is 15.3. The summed E-state index contributed by atoms with van der Waals surface area (Å²) in [6.45, 7) is 0.402. The minimum absolute atomic E-state index is 0. The highest BCUT2D eigenvalue weighted by Gasteiger charge is 2.28. The van der Waals surface area contributed by atoms with Gasteiger partial charge in [-0.3, -0.25) is 4.79 Å². The van der Waals surface area contributed by atoms with Crippen molar-refractivity contribution in [3.05, 3.63) is 30.1 Å². The maximum Gasteiger partial charge on any atom is 0.257 e. The van der Waals surface area contributed by atoms with E-state index in [1.54, 1.807) is 0 Å². The number of amides is 1. The molecule has 19 heavy (non-hydrogen) atoms. The molecule has 4 nitrogen and oxygen atoms in total. The van der Waals surface area contributed by atoms with Crippen molar-refractivity contribution in [1.82, 2.24) is 5.32 Å². The van der Waals surface area contributed by atoms with Gasteiger partial charge in [0.1, 0.15) is 11.6 Å². The SMILES string of the molecule is Cl.NC(CNC(=O)COc1ccc(F)cc1)C1CC1. The lowest BCUT2D eigenvalue weighted by molar-refractivity contribution is -0.123. The van der Waals surface area contributed by atoms with Crippen molar-refractivity contribution < 1.29 is 13.9 Å². The summed E-state index contributed by atoms with van der Waals surface area (Å²) in [6.07, 6.45) is 2.31. The van der Waals surface area contributed by atoms with Crippen molar-refractivity contribution in [2.24, 2.45) is 11.7 Å². The van der Waals surface area contributed by atoms with E-state index in [-0.39, 0.29) is 36.8 Å². The first-order chi connectivity index (χ1) is 8.65. The number of halogens is 2. The Bertz CT molecular complexity index is 410. The Labute approximate surface area is 117 Å². The Morgan fingerprint density at radius 1 is 1.42 bits per heavy atom. The predicted octanol–water partition coefficient (Wildman–Crippen LogP) is 1.48. The molecule has 1 aliphatic rings. The van der Waals surface area contributed by atoms with E-state index in [1.165, 1.54) is 24.3 Å². The number of hydrogen-bond acceptors (Lipinski definition) is 3. The molecule has 1 saturated carbocycles. The third-order valence-corrected chi connectivity index (χ3v) is 2.95. The van der Waals surface area contributed by atoms with Gasteiger partial charge in [-0.15, -0.1) is 12.4 Å². The van der Waals surface area contributed by atoms with E-state index >= 15 is 0 Å². The van der Waals surface area contributed by atoms with Crippen molar-refractivity contribution in [2.75, 3.05) is 13.2 Å². The van der Waals surface area contributed by atoms with Crippen LogP contribution in [0.15, 0.2) is 24.3 Å². The zero-order valence-corrected chi connectivity index (χ0v) is 11.3. The number of carbonyl (C=O) groups is 1. The first-order valence-corrected chi connectivity index (χ1v) is 6.06. The van der Waals surface area contributed by atoms with Crippen LogP contribution in [0.4, 0.5) is 4.39 Å². The number of rotatable bonds is 6. The molecule has 0 spiro atoms. The Morgan fingerprint density at radius 3 is 2.63 bits per heavy atom. The van der Waals surface area contributed by atoms with E-state index in [1.807, 2.05) is 0 Å². The van der Waals surface area contributed by atoms with Crippen LogP contribution < -0.4 is 15.8 Å². The fraction of sp³-hybridized carbons (Fsp3) is 0.462. The molecule has 1 fully saturated rings. The molecule has 6 heteroatoms. The van der Waals surface area contributed by atoms with Gasteiger partial charge in [0.05, 0.1) is 0 Å². The molecule has 3 N–H and O–H groups in total. The number of nitrogens with two attached hydrogens (primary N) is 1. The molecule has 0 heterocycles. The molecular formula is C13H18ClFN2O2. The summed E-state index contributed by atoms with van der Waals surface area (Å²) in [6, 6.07) is 5.59. The number of carbonyl (C=O) groups excluding carboxylic acids is 1. The largest absolute Gasteiger partial charge is 0.484 e.